The third kappa shape index (κ3) is 3.60. The summed E-state index contributed by atoms with van der Waals surface area (Å²) >= 11 is 0. The smallest absolute Gasteiger partial charge is 0.408 e. The van der Waals surface area contributed by atoms with Crippen LogP contribution in [0.2, 0.25) is 0 Å². The van der Waals surface area contributed by atoms with E-state index in [0.717, 1.165) is 32.0 Å². The van der Waals surface area contributed by atoms with Crippen LogP contribution in [0.25, 0.3) is 11.1 Å². The Morgan fingerprint density at radius 3 is 2.43 bits per heavy atom. The zero-order chi connectivity index (χ0) is 20.7. The number of fused-ring (bicyclic) bond motifs is 1. The predicted octanol–water partition coefficient (Wildman–Crippen LogP) is 3.08. The summed E-state index contributed by atoms with van der Waals surface area (Å²) in [5.41, 5.74) is 2.35. The average Bonchev–Trinajstić information content (AvgIpc) is 3.09. The zero-order valence-electron chi connectivity index (χ0n) is 17.3. The lowest BCUT2D eigenvalue weighted by atomic mass is 9.86. The molecule has 0 bridgehead atoms. The lowest BCUT2D eigenvalue weighted by molar-refractivity contribution is -0.135. The van der Waals surface area contributed by atoms with Crippen molar-refractivity contribution in [2.45, 2.75) is 75.8 Å². The second-order valence-corrected chi connectivity index (χ2v) is 9.03. The number of rotatable bonds is 3. The Balaban J connectivity index is 1.33. The average molecular weight is 412 g/mol. The highest BCUT2D eigenvalue weighted by atomic mass is 16.4. The van der Waals surface area contributed by atoms with E-state index < -0.39 is 17.7 Å². The van der Waals surface area contributed by atoms with Gasteiger partial charge in [0.15, 0.2) is 5.58 Å². The predicted molar refractivity (Wildman–Crippen MR) is 112 cm³/mol. The Bertz CT molecular complexity index is 1010. The van der Waals surface area contributed by atoms with Crippen LogP contribution in [-0.2, 0) is 9.59 Å². The molecule has 1 aromatic carbocycles. The standard InChI is InChI=1S/C23H29N3O4/c27-21-9-8-19(22(28)24-21)26-18-7-6-16(14-20(18)30-23(26)29)15-10-12-25(13-11-15)17-4-2-1-3-5-17/h6-7,14-15,17,19H,1-5,8-13H2,(H,24,27,28). The molecular formula is C23H29N3O4. The molecule has 1 saturated carbocycles. The third-order valence-corrected chi connectivity index (χ3v) is 7.25. The van der Waals surface area contributed by atoms with Gasteiger partial charge >= 0.3 is 5.76 Å². The number of imide groups is 1. The minimum atomic E-state index is -0.693. The van der Waals surface area contributed by atoms with Crippen LogP contribution < -0.4 is 11.1 Å². The number of likely N-dealkylation sites (tertiary alicyclic amines) is 1. The molecule has 5 rings (SSSR count). The molecule has 1 atom stereocenters. The monoisotopic (exact) mass is 411 g/mol. The first kappa shape index (κ1) is 19.5. The molecule has 0 radical (unpaired) electrons. The Morgan fingerprint density at radius 2 is 1.70 bits per heavy atom. The van der Waals surface area contributed by atoms with Crippen molar-refractivity contribution >= 4 is 22.9 Å². The van der Waals surface area contributed by atoms with E-state index in [2.05, 4.69) is 16.3 Å². The highest BCUT2D eigenvalue weighted by molar-refractivity contribution is 6.00. The fourth-order valence-corrected chi connectivity index (χ4v) is 5.57. The molecule has 3 aliphatic rings. The molecule has 160 valence electrons. The van der Waals surface area contributed by atoms with Gasteiger partial charge in [0.05, 0.1) is 5.52 Å². The number of benzene rings is 1. The van der Waals surface area contributed by atoms with E-state index in [1.54, 1.807) is 0 Å². The van der Waals surface area contributed by atoms with Gasteiger partial charge in [-0.15, -0.1) is 0 Å². The van der Waals surface area contributed by atoms with Crippen molar-refractivity contribution in [1.29, 1.82) is 0 Å². The topological polar surface area (TPSA) is 84.6 Å². The first-order valence-corrected chi connectivity index (χ1v) is 11.3. The molecule has 2 aliphatic heterocycles. The molecule has 2 aromatic rings. The zero-order valence-corrected chi connectivity index (χ0v) is 17.3. The van der Waals surface area contributed by atoms with Gasteiger partial charge in [-0.1, -0.05) is 25.3 Å². The number of hydrogen-bond donors (Lipinski definition) is 1. The normalized spacial score (nSPS) is 25.0. The molecule has 0 spiro atoms. The SMILES string of the molecule is O=C1CCC(n2c(=O)oc3cc(C4CCN(C5CCCCC5)CC4)ccc32)C(=O)N1. The van der Waals surface area contributed by atoms with Crippen LogP contribution in [-0.4, -0.2) is 40.4 Å². The van der Waals surface area contributed by atoms with Crippen molar-refractivity contribution < 1.29 is 14.0 Å². The number of carbonyl (C=O) groups is 2. The highest BCUT2D eigenvalue weighted by Gasteiger charge is 2.32. The molecule has 30 heavy (non-hydrogen) atoms. The largest absolute Gasteiger partial charge is 0.420 e. The number of nitrogens with one attached hydrogen (secondary N) is 1. The van der Waals surface area contributed by atoms with Gasteiger partial charge in [0.2, 0.25) is 11.8 Å². The van der Waals surface area contributed by atoms with Crippen LogP contribution in [0.4, 0.5) is 0 Å². The van der Waals surface area contributed by atoms with Crippen molar-refractivity contribution in [2.24, 2.45) is 0 Å². The van der Waals surface area contributed by atoms with Gasteiger partial charge in [0, 0.05) is 12.5 Å². The molecule has 3 fully saturated rings. The summed E-state index contributed by atoms with van der Waals surface area (Å²) in [4.78, 5) is 38.8. The molecule has 7 nitrogen and oxygen atoms in total. The van der Waals surface area contributed by atoms with E-state index in [1.807, 2.05) is 12.1 Å². The highest BCUT2D eigenvalue weighted by Crippen LogP contribution is 2.33. The Labute approximate surface area is 175 Å². The summed E-state index contributed by atoms with van der Waals surface area (Å²) in [6, 6.07) is 6.01. The molecule has 7 heteroatoms. The maximum Gasteiger partial charge on any atom is 0.420 e. The molecular weight excluding hydrogens is 382 g/mol. The maximum absolute atomic E-state index is 12.5. The van der Waals surface area contributed by atoms with Crippen molar-refractivity contribution in [3.05, 3.63) is 34.3 Å². The first-order valence-electron chi connectivity index (χ1n) is 11.3. The van der Waals surface area contributed by atoms with Gasteiger partial charge in [-0.3, -0.25) is 19.5 Å². The maximum atomic E-state index is 12.5. The second kappa shape index (κ2) is 8.02. The third-order valence-electron chi connectivity index (χ3n) is 7.25. The number of oxazole rings is 1. The van der Waals surface area contributed by atoms with E-state index in [9.17, 15) is 14.4 Å². The van der Waals surface area contributed by atoms with E-state index in [-0.39, 0.29) is 12.3 Å². The van der Waals surface area contributed by atoms with Gasteiger partial charge in [0.1, 0.15) is 6.04 Å². The number of nitrogens with zero attached hydrogens (tertiary/aromatic N) is 2. The van der Waals surface area contributed by atoms with E-state index in [4.69, 9.17) is 4.42 Å². The van der Waals surface area contributed by atoms with Crippen LogP contribution >= 0.6 is 0 Å². The van der Waals surface area contributed by atoms with E-state index >= 15 is 0 Å². The quantitative estimate of drug-likeness (QED) is 0.785. The van der Waals surface area contributed by atoms with Gasteiger partial charge in [0.25, 0.3) is 0 Å². The van der Waals surface area contributed by atoms with Crippen molar-refractivity contribution in [1.82, 2.24) is 14.8 Å². The second-order valence-electron chi connectivity index (χ2n) is 9.03. The summed E-state index contributed by atoms with van der Waals surface area (Å²) in [7, 11) is 0. The minimum Gasteiger partial charge on any atom is -0.408 e. The van der Waals surface area contributed by atoms with Gasteiger partial charge in [-0.05, 0) is 68.8 Å². The Kier molecular flexibility index (Phi) is 5.23. The Hall–Kier alpha value is -2.41. The number of carbonyl (C=O) groups excluding carboxylic acids is 2. The molecule has 1 aliphatic carbocycles. The van der Waals surface area contributed by atoms with Crippen LogP contribution in [0.3, 0.4) is 0 Å². The fraction of sp³-hybridized carbons (Fsp3) is 0.609. The summed E-state index contributed by atoms with van der Waals surface area (Å²) in [6.45, 7) is 2.27. The summed E-state index contributed by atoms with van der Waals surface area (Å²) in [6.07, 6.45) is 9.60. The lowest BCUT2D eigenvalue weighted by Crippen LogP contribution is -2.43. The van der Waals surface area contributed by atoms with Crippen LogP contribution in [0.1, 0.15) is 75.3 Å². The first-order chi connectivity index (χ1) is 14.6. The van der Waals surface area contributed by atoms with Gasteiger partial charge in [-0.2, -0.15) is 0 Å². The number of aromatic nitrogens is 1. The lowest BCUT2D eigenvalue weighted by Gasteiger charge is -2.39. The molecule has 2 amide bonds. The Morgan fingerprint density at radius 1 is 0.933 bits per heavy atom. The van der Waals surface area contributed by atoms with Crippen molar-refractivity contribution in [2.75, 3.05) is 13.1 Å². The van der Waals surface area contributed by atoms with Crippen LogP contribution in [0.15, 0.2) is 27.4 Å². The van der Waals surface area contributed by atoms with Crippen molar-refractivity contribution in [3.63, 3.8) is 0 Å². The molecule has 1 unspecified atom stereocenters. The van der Waals surface area contributed by atoms with Gasteiger partial charge in [-0.25, -0.2) is 4.79 Å². The minimum absolute atomic E-state index is 0.229. The van der Waals surface area contributed by atoms with Crippen LogP contribution in [0, 0.1) is 0 Å². The summed E-state index contributed by atoms with van der Waals surface area (Å²) < 4.78 is 6.90. The van der Waals surface area contributed by atoms with E-state index in [0.29, 0.717) is 23.4 Å². The number of piperidine rings is 2. The fourth-order valence-electron chi connectivity index (χ4n) is 5.57. The molecule has 3 heterocycles. The summed E-state index contributed by atoms with van der Waals surface area (Å²) in [5.74, 6) is -0.795. The molecule has 1 aromatic heterocycles. The number of amides is 2. The summed E-state index contributed by atoms with van der Waals surface area (Å²) in [5, 5.41) is 2.32. The van der Waals surface area contributed by atoms with E-state index in [1.165, 1.54) is 42.2 Å². The van der Waals surface area contributed by atoms with Gasteiger partial charge < -0.3 is 9.32 Å². The number of hydrogen-bond acceptors (Lipinski definition) is 5. The van der Waals surface area contributed by atoms with Crippen LogP contribution in [0.5, 0.6) is 0 Å². The van der Waals surface area contributed by atoms with Crippen molar-refractivity contribution in [3.8, 4) is 0 Å². The molecule has 1 N–H and O–H groups in total. The molecule has 2 saturated heterocycles.